The van der Waals surface area contributed by atoms with Crippen molar-refractivity contribution in [2.75, 3.05) is 23.8 Å². The minimum Gasteiger partial charge on any atom is -0.396 e. The molecule has 0 bridgehead atoms. The highest BCUT2D eigenvalue weighted by Crippen LogP contribution is 2.33. The number of aliphatic hydroxyl groups is 1. The van der Waals surface area contributed by atoms with E-state index in [9.17, 15) is 0 Å². The molecule has 1 aromatic rings. The summed E-state index contributed by atoms with van der Waals surface area (Å²) in [5.41, 5.74) is 7.70. The number of anilines is 2. The highest BCUT2D eigenvalue weighted by atomic mass is 16.3. The number of aryl methyl sites for hydroxylation is 1. The normalized spacial score (nSPS) is 15.3. The van der Waals surface area contributed by atoms with Gasteiger partial charge in [-0.05, 0) is 31.4 Å². The van der Waals surface area contributed by atoms with Gasteiger partial charge in [0.05, 0.1) is 12.3 Å². The Labute approximate surface area is 89.7 Å². The van der Waals surface area contributed by atoms with Crippen LogP contribution in [0.5, 0.6) is 0 Å². The van der Waals surface area contributed by atoms with Crippen LogP contribution in [0, 0.1) is 6.92 Å². The molecule has 0 atom stereocenters. The number of pyridine rings is 1. The molecule has 0 aliphatic heterocycles. The molecule has 0 unspecified atom stereocenters. The minimum absolute atomic E-state index is 0.144. The van der Waals surface area contributed by atoms with Crippen LogP contribution in [0.15, 0.2) is 12.3 Å². The summed E-state index contributed by atoms with van der Waals surface area (Å²) in [6.45, 7) is 2.73. The molecule has 1 heterocycles. The Balaban J connectivity index is 2.24. The van der Waals surface area contributed by atoms with E-state index in [1.807, 2.05) is 19.2 Å². The van der Waals surface area contributed by atoms with E-state index < -0.39 is 0 Å². The van der Waals surface area contributed by atoms with Crippen LogP contribution >= 0.6 is 0 Å². The molecule has 1 aromatic heterocycles. The molecule has 0 amide bonds. The minimum atomic E-state index is 0.144. The molecule has 2 rings (SSSR count). The summed E-state index contributed by atoms with van der Waals surface area (Å²) in [7, 11) is 0. The lowest BCUT2D eigenvalue weighted by Gasteiger charge is -2.23. The molecule has 1 aliphatic carbocycles. The number of hydrogen-bond acceptors (Lipinski definition) is 4. The van der Waals surface area contributed by atoms with Crippen LogP contribution in [0.4, 0.5) is 11.5 Å². The Morgan fingerprint density at radius 2 is 2.33 bits per heavy atom. The van der Waals surface area contributed by atoms with Gasteiger partial charge in [-0.3, -0.25) is 0 Å². The van der Waals surface area contributed by atoms with Gasteiger partial charge >= 0.3 is 0 Å². The van der Waals surface area contributed by atoms with Crippen molar-refractivity contribution in [2.45, 2.75) is 25.8 Å². The maximum Gasteiger partial charge on any atom is 0.152 e. The molecule has 0 aromatic carbocycles. The van der Waals surface area contributed by atoms with Crippen molar-refractivity contribution in [1.29, 1.82) is 0 Å². The Kier molecular flexibility index (Phi) is 2.77. The standard InChI is InChI=1S/C11H17N3O/c1-8-6-10(12)11(13-7-8)14(4-5-15)9-2-3-9/h6-7,9,15H,2-5,12H2,1H3. The van der Waals surface area contributed by atoms with Crippen molar-refractivity contribution < 1.29 is 5.11 Å². The third-order valence-electron chi connectivity index (χ3n) is 2.63. The van der Waals surface area contributed by atoms with Crippen LogP contribution in [-0.2, 0) is 0 Å². The molecule has 82 valence electrons. The first-order valence-corrected chi connectivity index (χ1v) is 5.32. The fourth-order valence-corrected chi connectivity index (χ4v) is 1.78. The first kappa shape index (κ1) is 10.2. The average molecular weight is 207 g/mol. The molecule has 0 radical (unpaired) electrons. The zero-order valence-electron chi connectivity index (χ0n) is 8.98. The van der Waals surface area contributed by atoms with Crippen molar-refractivity contribution in [3.05, 3.63) is 17.8 Å². The van der Waals surface area contributed by atoms with Crippen molar-refractivity contribution >= 4 is 11.5 Å². The zero-order chi connectivity index (χ0) is 10.8. The lowest BCUT2D eigenvalue weighted by Crippen LogP contribution is -2.30. The first-order valence-electron chi connectivity index (χ1n) is 5.32. The second-order valence-electron chi connectivity index (χ2n) is 4.07. The summed E-state index contributed by atoms with van der Waals surface area (Å²) in [5.74, 6) is 0.817. The third-order valence-corrected chi connectivity index (χ3v) is 2.63. The van der Waals surface area contributed by atoms with E-state index in [2.05, 4.69) is 9.88 Å². The smallest absolute Gasteiger partial charge is 0.152 e. The highest BCUT2D eigenvalue weighted by Gasteiger charge is 2.30. The lowest BCUT2D eigenvalue weighted by molar-refractivity contribution is 0.301. The van der Waals surface area contributed by atoms with E-state index in [4.69, 9.17) is 10.8 Å². The molecule has 0 spiro atoms. The SMILES string of the molecule is Cc1cnc(N(CCO)C2CC2)c(N)c1. The summed E-state index contributed by atoms with van der Waals surface area (Å²) in [4.78, 5) is 6.45. The molecule has 1 saturated carbocycles. The van der Waals surface area contributed by atoms with Gasteiger partial charge in [-0.15, -0.1) is 0 Å². The third kappa shape index (κ3) is 2.21. The fourth-order valence-electron chi connectivity index (χ4n) is 1.78. The van der Waals surface area contributed by atoms with Crippen LogP contribution in [0.25, 0.3) is 0 Å². The maximum atomic E-state index is 9.01. The van der Waals surface area contributed by atoms with E-state index in [1.165, 1.54) is 12.8 Å². The monoisotopic (exact) mass is 207 g/mol. The molecule has 4 nitrogen and oxygen atoms in total. The van der Waals surface area contributed by atoms with Gasteiger partial charge in [0.25, 0.3) is 0 Å². The molecule has 4 heteroatoms. The van der Waals surface area contributed by atoms with E-state index in [0.29, 0.717) is 18.3 Å². The van der Waals surface area contributed by atoms with Crippen molar-refractivity contribution in [3.63, 3.8) is 0 Å². The van der Waals surface area contributed by atoms with Gasteiger partial charge in [-0.25, -0.2) is 4.98 Å². The van der Waals surface area contributed by atoms with E-state index in [1.54, 1.807) is 0 Å². The summed E-state index contributed by atoms with van der Waals surface area (Å²) in [6, 6.07) is 2.45. The molecule has 15 heavy (non-hydrogen) atoms. The van der Waals surface area contributed by atoms with Crippen molar-refractivity contribution in [2.24, 2.45) is 0 Å². The van der Waals surface area contributed by atoms with Crippen LogP contribution in [0.2, 0.25) is 0 Å². The van der Waals surface area contributed by atoms with Crippen LogP contribution in [0.1, 0.15) is 18.4 Å². The molecule has 1 fully saturated rings. The summed E-state index contributed by atoms with van der Waals surface area (Å²) >= 11 is 0. The molecular formula is C11H17N3O. The number of nitrogens with two attached hydrogens (primary N) is 1. The Morgan fingerprint density at radius 3 is 2.87 bits per heavy atom. The van der Waals surface area contributed by atoms with Gasteiger partial charge in [0.1, 0.15) is 0 Å². The van der Waals surface area contributed by atoms with Gasteiger partial charge < -0.3 is 15.7 Å². The van der Waals surface area contributed by atoms with Gasteiger partial charge in [0.15, 0.2) is 5.82 Å². The topological polar surface area (TPSA) is 62.4 Å². The van der Waals surface area contributed by atoms with Crippen molar-refractivity contribution in [3.8, 4) is 0 Å². The van der Waals surface area contributed by atoms with Crippen LogP contribution in [-0.4, -0.2) is 29.3 Å². The summed E-state index contributed by atoms with van der Waals surface area (Å²) < 4.78 is 0. The van der Waals surface area contributed by atoms with E-state index >= 15 is 0 Å². The highest BCUT2D eigenvalue weighted by molar-refractivity contribution is 5.64. The number of aliphatic hydroxyl groups excluding tert-OH is 1. The quantitative estimate of drug-likeness (QED) is 0.771. The van der Waals surface area contributed by atoms with Gasteiger partial charge in [-0.2, -0.15) is 0 Å². The van der Waals surface area contributed by atoms with E-state index in [0.717, 1.165) is 11.4 Å². The lowest BCUT2D eigenvalue weighted by atomic mass is 10.2. The average Bonchev–Trinajstić information content (AvgIpc) is 2.98. The number of nitrogens with zero attached hydrogens (tertiary/aromatic N) is 2. The largest absolute Gasteiger partial charge is 0.396 e. The van der Waals surface area contributed by atoms with Crippen LogP contribution in [0.3, 0.4) is 0 Å². The Hall–Kier alpha value is -1.29. The summed E-state index contributed by atoms with van der Waals surface area (Å²) in [6.07, 6.45) is 4.17. The number of hydrogen-bond donors (Lipinski definition) is 2. The second kappa shape index (κ2) is 4.06. The number of aromatic nitrogens is 1. The number of nitrogen functional groups attached to an aromatic ring is 1. The Bertz CT molecular complexity index is 350. The Morgan fingerprint density at radius 1 is 1.60 bits per heavy atom. The van der Waals surface area contributed by atoms with Gasteiger partial charge in [0.2, 0.25) is 0 Å². The maximum absolute atomic E-state index is 9.01. The molecular weight excluding hydrogens is 190 g/mol. The molecule has 1 aliphatic rings. The molecule has 0 saturated heterocycles. The second-order valence-corrected chi connectivity index (χ2v) is 4.07. The molecule has 3 N–H and O–H groups in total. The first-order chi connectivity index (χ1) is 7.22. The zero-order valence-corrected chi connectivity index (χ0v) is 8.98. The van der Waals surface area contributed by atoms with Gasteiger partial charge in [-0.1, -0.05) is 0 Å². The van der Waals surface area contributed by atoms with Gasteiger partial charge in [0, 0.05) is 18.8 Å². The van der Waals surface area contributed by atoms with E-state index in [-0.39, 0.29) is 6.61 Å². The predicted octanol–water partition coefficient (Wildman–Crippen LogP) is 0.933. The predicted molar refractivity (Wildman–Crippen MR) is 60.8 cm³/mol. The summed E-state index contributed by atoms with van der Waals surface area (Å²) in [5, 5.41) is 9.01. The fraction of sp³-hybridized carbons (Fsp3) is 0.545. The van der Waals surface area contributed by atoms with Crippen LogP contribution < -0.4 is 10.6 Å². The van der Waals surface area contributed by atoms with Crippen molar-refractivity contribution in [1.82, 2.24) is 4.98 Å². The number of rotatable bonds is 4.